The van der Waals surface area contributed by atoms with Crippen LogP contribution in [-0.4, -0.2) is 58.2 Å². The number of carbonyl (C=O) groups is 4. The maximum absolute atomic E-state index is 14.5. The zero-order valence-corrected chi connectivity index (χ0v) is 25.7. The van der Waals surface area contributed by atoms with Crippen molar-refractivity contribution in [2.45, 2.75) is 82.5 Å². The lowest BCUT2D eigenvalue weighted by molar-refractivity contribution is -0.144. The summed E-state index contributed by atoms with van der Waals surface area (Å²) < 4.78 is 25.1. The van der Waals surface area contributed by atoms with E-state index in [2.05, 4.69) is 5.32 Å². The summed E-state index contributed by atoms with van der Waals surface area (Å²) in [6.45, 7) is 4.41. The molecule has 10 nitrogen and oxygen atoms in total. The lowest BCUT2D eigenvalue weighted by atomic mass is 9.78. The fraction of sp³-hybridized carbons (Fsp3) is 0.471. The number of hydrogen-bond donors (Lipinski definition) is 3. The number of primary amides is 1. The van der Waals surface area contributed by atoms with Gasteiger partial charge in [0.05, 0.1) is 12.1 Å². The maximum atomic E-state index is 14.5. The van der Waals surface area contributed by atoms with Gasteiger partial charge in [0.25, 0.3) is 0 Å². The normalized spacial score (nSPS) is 24.3. The minimum Gasteiger partial charge on any atom is -0.475 e. The number of para-hydroxylation sites is 1. The molecule has 1 saturated heterocycles. The number of ether oxygens (including phenoxy) is 1. The van der Waals surface area contributed by atoms with E-state index >= 15 is 0 Å². The largest absolute Gasteiger partial charge is 0.475 e. The quantitative estimate of drug-likeness (QED) is 0.291. The molecule has 1 aliphatic heterocycles. The molecular weight excluding hydrogens is 581 g/mol. The number of rotatable bonds is 8. The highest BCUT2D eigenvalue weighted by molar-refractivity contribution is 5.97. The van der Waals surface area contributed by atoms with Gasteiger partial charge in [0.15, 0.2) is 0 Å². The summed E-state index contributed by atoms with van der Waals surface area (Å²) in [5, 5.41) is 13.3. The molecule has 240 valence electrons. The number of nitrogens with one attached hydrogen (secondary N) is 1. The first-order chi connectivity index (χ1) is 21.4. The molecule has 0 radical (unpaired) electrons. The third-order valence-electron chi connectivity index (χ3n) is 8.99. The standard InChI is InChI=1S/C34H40FN3O7/c1-34(2,3)45-33(43)37-24(18-35)20-13-15-21(16-14-20)31(40)38-25(17-23(28(38)30(36)39)19-9-5-4-6-10-19)27-22-11-7-8-12-26(22)44-29(27)32(41)42/h4-12,20-21,23-25,28H,13-18H2,1-3H3,(H2,36,39)(H,37,43)(H,41,42)/t20-,21-,23-,24-,25?,28+/m1/s1. The number of nitrogens with zero attached hydrogens (tertiary/aromatic N) is 1. The van der Waals surface area contributed by atoms with Crippen molar-refractivity contribution in [3.63, 3.8) is 0 Å². The Kier molecular flexibility index (Phi) is 9.18. The van der Waals surface area contributed by atoms with Crippen molar-refractivity contribution >= 4 is 34.8 Å². The summed E-state index contributed by atoms with van der Waals surface area (Å²) in [5.74, 6) is -3.73. The van der Waals surface area contributed by atoms with Crippen LogP contribution >= 0.6 is 0 Å². The number of alkyl carbamates (subject to hydrolysis) is 1. The molecule has 1 unspecified atom stereocenters. The Morgan fingerprint density at radius 2 is 1.69 bits per heavy atom. The molecule has 3 aromatic rings. The summed E-state index contributed by atoms with van der Waals surface area (Å²) >= 11 is 0. The molecule has 45 heavy (non-hydrogen) atoms. The zero-order chi connectivity index (χ0) is 32.5. The topological polar surface area (TPSA) is 152 Å². The maximum Gasteiger partial charge on any atom is 0.407 e. The molecule has 2 fully saturated rings. The number of benzene rings is 2. The van der Waals surface area contributed by atoms with E-state index in [9.17, 15) is 28.7 Å². The molecule has 1 saturated carbocycles. The average molecular weight is 622 g/mol. The van der Waals surface area contributed by atoms with E-state index in [-0.39, 0.29) is 24.0 Å². The van der Waals surface area contributed by atoms with Gasteiger partial charge in [0.2, 0.25) is 17.6 Å². The number of alkyl halides is 1. The van der Waals surface area contributed by atoms with Gasteiger partial charge in [0.1, 0.15) is 23.9 Å². The molecule has 11 heteroatoms. The summed E-state index contributed by atoms with van der Waals surface area (Å²) in [4.78, 5) is 53.9. The van der Waals surface area contributed by atoms with Crippen molar-refractivity contribution in [2.24, 2.45) is 17.6 Å². The Morgan fingerprint density at radius 3 is 2.29 bits per heavy atom. The van der Waals surface area contributed by atoms with E-state index in [1.54, 1.807) is 45.0 Å². The first-order valence-corrected chi connectivity index (χ1v) is 15.4. The zero-order valence-electron chi connectivity index (χ0n) is 25.7. The van der Waals surface area contributed by atoms with Crippen LogP contribution in [0, 0.1) is 11.8 Å². The van der Waals surface area contributed by atoms with Crippen LogP contribution in [0.2, 0.25) is 0 Å². The van der Waals surface area contributed by atoms with Crippen molar-refractivity contribution in [3.8, 4) is 0 Å². The molecule has 5 rings (SSSR count). The van der Waals surface area contributed by atoms with E-state index in [1.165, 1.54) is 4.90 Å². The predicted molar refractivity (Wildman–Crippen MR) is 164 cm³/mol. The minimum absolute atomic E-state index is 0.207. The van der Waals surface area contributed by atoms with Crippen LogP contribution in [0.3, 0.4) is 0 Å². The summed E-state index contributed by atoms with van der Waals surface area (Å²) in [6, 6.07) is 13.6. The van der Waals surface area contributed by atoms with Crippen molar-refractivity contribution < 1.29 is 37.8 Å². The van der Waals surface area contributed by atoms with Crippen molar-refractivity contribution in [3.05, 3.63) is 71.5 Å². The number of aromatic carboxylic acids is 1. The molecule has 2 heterocycles. The Balaban J connectivity index is 1.46. The predicted octanol–water partition coefficient (Wildman–Crippen LogP) is 5.71. The molecular formula is C34H40FN3O7. The van der Waals surface area contributed by atoms with E-state index in [4.69, 9.17) is 14.9 Å². The molecule has 2 aromatic carbocycles. The third kappa shape index (κ3) is 6.67. The number of amides is 3. The van der Waals surface area contributed by atoms with Crippen molar-refractivity contribution in [1.29, 1.82) is 0 Å². The fourth-order valence-corrected chi connectivity index (χ4v) is 7.05. The summed E-state index contributed by atoms with van der Waals surface area (Å²) in [6.07, 6.45) is 1.32. The highest BCUT2D eigenvalue weighted by Gasteiger charge is 2.51. The number of carboxylic acids is 1. The number of furan rings is 1. The third-order valence-corrected chi connectivity index (χ3v) is 8.99. The summed E-state index contributed by atoms with van der Waals surface area (Å²) in [7, 11) is 0. The lowest BCUT2D eigenvalue weighted by Crippen LogP contribution is -2.50. The monoisotopic (exact) mass is 621 g/mol. The highest BCUT2D eigenvalue weighted by atomic mass is 19.1. The number of likely N-dealkylation sites (tertiary alicyclic amines) is 1. The Labute approximate surface area is 261 Å². The van der Waals surface area contributed by atoms with Gasteiger partial charge in [-0.3, -0.25) is 9.59 Å². The van der Waals surface area contributed by atoms with Crippen LogP contribution in [0.4, 0.5) is 9.18 Å². The fourth-order valence-electron chi connectivity index (χ4n) is 7.05. The van der Waals surface area contributed by atoms with Crippen molar-refractivity contribution in [2.75, 3.05) is 6.67 Å². The van der Waals surface area contributed by atoms with Crippen LogP contribution in [0.5, 0.6) is 0 Å². The van der Waals surface area contributed by atoms with E-state index < -0.39 is 60.2 Å². The van der Waals surface area contributed by atoms with Gasteiger partial charge >= 0.3 is 12.1 Å². The van der Waals surface area contributed by atoms with Gasteiger partial charge in [-0.2, -0.15) is 0 Å². The second-order valence-electron chi connectivity index (χ2n) is 13.0. The van der Waals surface area contributed by atoms with Gasteiger partial charge in [-0.1, -0.05) is 48.5 Å². The van der Waals surface area contributed by atoms with E-state index in [1.807, 2.05) is 30.3 Å². The molecule has 1 aliphatic carbocycles. The molecule has 1 aromatic heterocycles. The first kappa shape index (κ1) is 32.0. The number of hydrogen-bond acceptors (Lipinski definition) is 6. The number of nitrogens with two attached hydrogens (primary N) is 1. The van der Waals surface area contributed by atoms with Crippen LogP contribution < -0.4 is 11.1 Å². The number of halogens is 1. The molecule has 4 N–H and O–H groups in total. The van der Waals surface area contributed by atoms with E-state index in [0.29, 0.717) is 42.2 Å². The second-order valence-corrected chi connectivity index (χ2v) is 13.0. The van der Waals surface area contributed by atoms with E-state index in [0.717, 1.165) is 5.56 Å². The highest BCUT2D eigenvalue weighted by Crippen LogP contribution is 2.50. The smallest absolute Gasteiger partial charge is 0.407 e. The molecule has 2 aliphatic rings. The number of fused-ring (bicyclic) bond motifs is 1. The van der Waals surface area contributed by atoms with Crippen LogP contribution in [-0.2, 0) is 14.3 Å². The van der Waals surface area contributed by atoms with Gasteiger partial charge < -0.3 is 30.2 Å². The van der Waals surface area contributed by atoms with Gasteiger partial charge in [-0.15, -0.1) is 0 Å². The number of carboxylic acid groups (broad SMARTS) is 1. The molecule has 3 amide bonds. The van der Waals surface area contributed by atoms with Gasteiger partial charge in [-0.05, 0) is 70.4 Å². The van der Waals surface area contributed by atoms with Gasteiger partial charge in [-0.25, -0.2) is 14.0 Å². The molecule has 0 bridgehead atoms. The number of carbonyl (C=O) groups excluding carboxylic acids is 3. The van der Waals surface area contributed by atoms with Gasteiger partial charge in [0, 0.05) is 22.8 Å². The Bertz CT molecular complexity index is 1560. The summed E-state index contributed by atoms with van der Waals surface area (Å²) in [5.41, 5.74) is 6.81. The van der Waals surface area contributed by atoms with Crippen LogP contribution in [0.1, 0.15) is 86.5 Å². The minimum atomic E-state index is -1.28. The Morgan fingerprint density at radius 1 is 1.04 bits per heavy atom. The van der Waals surface area contributed by atoms with Crippen LogP contribution in [0.15, 0.2) is 59.0 Å². The molecule has 0 spiro atoms. The molecule has 4 atom stereocenters. The second kappa shape index (κ2) is 12.9. The SMILES string of the molecule is CC(C)(C)OC(=O)N[C@H](CF)[C@H]1CC[C@H](C(=O)N2C(c3c(C(=O)O)oc4ccccc34)C[C@H](c3ccccc3)[C@H]2C(N)=O)CC1. The van der Waals surface area contributed by atoms with Crippen molar-refractivity contribution in [1.82, 2.24) is 10.2 Å². The average Bonchev–Trinajstić information content (AvgIpc) is 3.59. The first-order valence-electron chi connectivity index (χ1n) is 15.4. The Hall–Kier alpha value is -4.41. The van der Waals surface area contributed by atoms with Crippen LogP contribution in [0.25, 0.3) is 11.0 Å². The lowest BCUT2D eigenvalue weighted by Gasteiger charge is -2.37.